The third-order valence-electron chi connectivity index (χ3n) is 1.20. The number of rotatable bonds is 1. The summed E-state index contributed by atoms with van der Waals surface area (Å²) in [5.41, 5.74) is 0. The maximum absolute atomic E-state index is 10.6. The fraction of sp³-hybridized carbons (Fsp3) is 0. The first kappa shape index (κ1) is 12.6. The fourth-order valence-electron chi connectivity index (χ4n) is 0.715. The van der Waals surface area contributed by atoms with Gasteiger partial charge in [-0.3, -0.25) is 4.55 Å². The van der Waals surface area contributed by atoms with Crippen LogP contribution in [0, 0.1) is 0 Å². The zero-order valence-electron chi connectivity index (χ0n) is 5.56. The molecule has 0 aromatic heterocycles. The predicted molar refractivity (Wildman–Crippen MR) is 52.7 cm³/mol. The summed E-state index contributed by atoms with van der Waals surface area (Å²) in [6.45, 7) is 0. The van der Waals surface area contributed by atoms with Crippen molar-refractivity contribution in [1.82, 2.24) is 0 Å². The summed E-state index contributed by atoms with van der Waals surface area (Å²) in [6, 6.07) is 6.18. The molecule has 6 heteroatoms. The van der Waals surface area contributed by atoms with E-state index < -0.39 is 10.1 Å². The van der Waals surface area contributed by atoms with Gasteiger partial charge in [0.05, 0.1) is 0 Å². The molecule has 1 atom stereocenters. The summed E-state index contributed by atoms with van der Waals surface area (Å²) in [6.07, 6.45) is 0. The van der Waals surface area contributed by atoms with Crippen LogP contribution in [0.25, 0.3) is 0 Å². The molecule has 0 amide bonds. The van der Waals surface area contributed by atoms with Crippen LogP contribution in [0.5, 0.6) is 0 Å². The van der Waals surface area contributed by atoms with Gasteiger partial charge in [0.2, 0.25) is 0 Å². The third kappa shape index (κ3) is 3.13. The Morgan fingerprint density at radius 3 is 2.08 bits per heavy atom. The van der Waals surface area contributed by atoms with E-state index in [2.05, 4.69) is 9.24 Å². The van der Waals surface area contributed by atoms with Gasteiger partial charge < -0.3 is 0 Å². The van der Waals surface area contributed by atoms with Crippen LogP contribution >= 0.6 is 9.24 Å². The van der Waals surface area contributed by atoms with Crippen LogP contribution in [0.1, 0.15) is 0 Å². The number of hydrogen-bond acceptors (Lipinski definition) is 2. The zero-order chi connectivity index (χ0) is 8.48. The first-order valence-electron chi connectivity index (χ1n) is 2.84. The van der Waals surface area contributed by atoms with E-state index in [0.717, 1.165) is 0 Å². The molecule has 3 nitrogen and oxygen atoms in total. The summed E-state index contributed by atoms with van der Waals surface area (Å²) >= 11 is 0. The average Bonchev–Trinajstić information content (AvgIpc) is 1.86. The first-order chi connectivity index (χ1) is 5.02. The maximum atomic E-state index is 10.6. The quantitative estimate of drug-likeness (QED) is 0.399. The van der Waals surface area contributed by atoms with Crippen molar-refractivity contribution in [3.05, 3.63) is 24.3 Å². The molecule has 1 unspecified atom stereocenters. The SMILES string of the molecule is O=S(=O)(O)c1ccccc1P.[NaH]. The summed E-state index contributed by atoms with van der Waals surface area (Å²) in [5, 5.41) is 0.468. The van der Waals surface area contributed by atoms with Crippen molar-refractivity contribution in [1.29, 1.82) is 0 Å². The monoisotopic (exact) mass is 214 g/mol. The van der Waals surface area contributed by atoms with E-state index >= 15 is 0 Å². The number of benzene rings is 1. The molecule has 0 fully saturated rings. The molecule has 0 radical (unpaired) electrons. The van der Waals surface area contributed by atoms with Crippen LogP contribution in [0.15, 0.2) is 29.2 Å². The average molecular weight is 214 g/mol. The van der Waals surface area contributed by atoms with E-state index in [-0.39, 0.29) is 34.5 Å². The van der Waals surface area contributed by atoms with Crippen LogP contribution in [-0.4, -0.2) is 42.5 Å². The Labute approximate surface area is 95.8 Å². The van der Waals surface area contributed by atoms with Gasteiger partial charge in [0.1, 0.15) is 4.90 Å². The van der Waals surface area contributed by atoms with Gasteiger partial charge in [0.25, 0.3) is 10.1 Å². The van der Waals surface area contributed by atoms with Crippen molar-refractivity contribution in [3.63, 3.8) is 0 Å². The minimum absolute atomic E-state index is 0. The Hall–Kier alpha value is 0.560. The molecule has 0 spiro atoms. The van der Waals surface area contributed by atoms with Crippen molar-refractivity contribution >= 4 is 54.2 Å². The minimum atomic E-state index is -4.05. The van der Waals surface area contributed by atoms with Crippen LogP contribution in [0.2, 0.25) is 0 Å². The van der Waals surface area contributed by atoms with E-state index in [1.807, 2.05) is 0 Å². The molecule has 0 aliphatic carbocycles. The van der Waals surface area contributed by atoms with Crippen molar-refractivity contribution in [2.24, 2.45) is 0 Å². The van der Waals surface area contributed by atoms with Gasteiger partial charge in [-0.15, -0.1) is 9.24 Å². The van der Waals surface area contributed by atoms with Crippen molar-refractivity contribution < 1.29 is 13.0 Å². The second-order valence-electron chi connectivity index (χ2n) is 2.01. The number of hydrogen-bond donors (Lipinski definition) is 1. The van der Waals surface area contributed by atoms with Gasteiger partial charge >= 0.3 is 29.6 Å². The Morgan fingerprint density at radius 1 is 1.25 bits per heavy atom. The Bertz CT molecular complexity index is 363. The van der Waals surface area contributed by atoms with Gasteiger partial charge in [-0.1, -0.05) is 18.2 Å². The Balaban J connectivity index is 0.00000121. The molecule has 0 heterocycles. The summed E-state index contributed by atoms with van der Waals surface area (Å²) < 4.78 is 29.8. The molecule has 12 heavy (non-hydrogen) atoms. The first-order valence-corrected chi connectivity index (χ1v) is 4.85. The molecule has 1 aromatic carbocycles. The molecule has 0 aliphatic rings. The summed E-state index contributed by atoms with van der Waals surface area (Å²) in [4.78, 5) is -0.0648. The molecule has 1 aromatic rings. The predicted octanol–water partition coefficient (Wildman–Crippen LogP) is -0.215. The standard InChI is InChI=1S/C6H7O3PS.Na.H/c7-11(8,9)6-4-2-1-3-5(6)10;;/h1-4H,10H2,(H,7,8,9);;. The van der Waals surface area contributed by atoms with E-state index in [1.54, 1.807) is 18.2 Å². The molecule has 1 rings (SSSR count). The molecule has 0 aliphatic heterocycles. The van der Waals surface area contributed by atoms with Crippen LogP contribution in [0.4, 0.5) is 0 Å². The van der Waals surface area contributed by atoms with Gasteiger partial charge in [0, 0.05) is 0 Å². The molecular formula is C6H8NaO3PS. The zero-order valence-corrected chi connectivity index (χ0v) is 7.53. The van der Waals surface area contributed by atoms with Gasteiger partial charge in [0.15, 0.2) is 0 Å². The van der Waals surface area contributed by atoms with E-state index in [1.165, 1.54) is 6.07 Å². The van der Waals surface area contributed by atoms with Gasteiger partial charge in [-0.25, -0.2) is 0 Å². The van der Waals surface area contributed by atoms with E-state index in [9.17, 15) is 8.42 Å². The third-order valence-corrected chi connectivity index (χ3v) is 2.84. The normalized spacial score (nSPS) is 10.5. The van der Waals surface area contributed by atoms with Crippen LogP contribution in [-0.2, 0) is 10.1 Å². The van der Waals surface area contributed by atoms with Crippen molar-refractivity contribution in [2.75, 3.05) is 0 Å². The molecule has 1 N–H and O–H groups in total. The fourth-order valence-corrected chi connectivity index (χ4v) is 1.99. The Kier molecular flexibility index (Phi) is 4.92. The van der Waals surface area contributed by atoms with E-state index in [0.29, 0.717) is 5.30 Å². The molecule has 0 bridgehead atoms. The molecule has 0 saturated carbocycles. The summed E-state index contributed by atoms with van der Waals surface area (Å²) in [7, 11) is -1.82. The molecular weight excluding hydrogens is 206 g/mol. The van der Waals surface area contributed by atoms with Gasteiger partial charge in [-0.2, -0.15) is 8.42 Å². The Morgan fingerprint density at radius 2 is 1.75 bits per heavy atom. The topological polar surface area (TPSA) is 54.4 Å². The van der Waals surface area contributed by atoms with Crippen molar-refractivity contribution in [2.45, 2.75) is 4.90 Å². The van der Waals surface area contributed by atoms with E-state index in [4.69, 9.17) is 4.55 Å². The second-order valence-corrected chi connectivity index (χ2v) is 4.02. The molecule has 0 saturated heterocycles. The molecule has 62 valence electrons. The summed E-state index contributed by atoms with van der Waals surface area (Å²) in [5.74, 6) is 0. The van der Waals surface area contributed by atoms with Gasteiger partial charge in [-0.05, 0) is 11.4 Å². The second kappa shape index (κ2) is 4.70. The van der Waals surface area contributed by atoms with Crippen LogP contribution in [0.3, 0.4) is 0 Å². The van der Waals surface area contributed by atoms with Crippen molar-refractivity contribution in [3.8, 4) is 0 Å². The van der Waals surface area contributed by atoms with Crippen LogP contribution < -0.4 is 5.30 Å².